The zero-order valence-electron chi connectivity index (χ0n) is 30.7. The first kappa shape index (κ1) is 42.7. The van der Waals surface area contributed by atoms with E-state index in [1.807, 2.05) is 36.5 Å². The molecule has 0 bridgehead atoms. The Morgan fingerprint density at radius 2 is 1.75 bits per heavy atom. The summed E-state index contributed by atoms with van der Waals surface area (Å²) in [6.07, 6.45) is 1.35. The number of urea groups is 1. The molecule has 302 valence electrons. The largest absolute Gasteiger partial charge is 0.490 e. The number of carbonyl (C=O) groups excluding carboxylic acids is 1. The number of rotatable bonds is 23. The maximum absolute atomic E-state index is 13.9. The average molecular weight is 807 g/mol. The highest BCUT2D eigenvalue weighted by Gasteiger charge is 2.48. The number of pyridine rings is 1. The number of aliphatic hydroxyl groups is 5. The molecule has 2 fully saturated rings. The highest BCUT2D eigenvalue weighted by Crippen LogP contribution is 2.53. The summed E-state index contributed by atoms with van der Waals surface area (Å²) in [5.41, 5.74) is 2.79. The number of hydrogen-bond donors (Lipinski definition) is 7. The standard InChI is InChI=1S/C38H51ClN4O11S/c1-52-19-18-43(17-5-4-15-41-37(49)42-22-32(45)35(47)36(48)33(46)23-44)55(50,51)27-10-11-31(39)25(20-27)24-53-38(13-14-38)30-21-40-16-12-28(30)29-6-2-3-7-34(29)54-26-8-9-26/h2-3,6-7,10-12,16,20-21,26,32-33,35-36,44-48H,4-5,8-9,13-15,17-19,22-24H2,1H3,(H2,41,42,49)/t32-,33+,35+,36+/m0/s1. The average Bonchev–Trinajstić information content (AvgIpc) is 4.14. The van der Waals surface area contributed by atoms with E-state index in [1.165, 1.54) is 23.5 Å². The number of unbranched alkanes of at least 4 members (excludes halogenated alkanes) is 1. The van der Waals surface area contributed by atoms with E-state index in [9.17, 15) is 33.6 Å². The Bertz CT molecular complexity index is 1830. The fourth-order valence-electron chi connectivity index (χ4n) is 6.05. The zero-order valence-corrected chi connectivity index (χ0v) is 32.3. The Kier molecular flexibility index (Phi) is 15.2. The van der Waals surface area contributed by atoms with Crippen LogP contribution >= 0.6 is 11.6 Å². The van der Waals surface area contributed by atoms with Gasteiger partial charge in [0.15, 0.2) is 0 Å². The van der Waals surface area contributed by atoms with Gasteiger partial charge < -0.3 is 50.4 Å². The number of para-hydroxylation sites is 1. The molecule has 15 nitrogen and oxygen atoms in total. The lowest BCUT2D eigenvalue weighted by atomic mass is 9.96. The number of nitrogens with zero attached hydrogens (tertiary/aromatic N) is 2. The summed E-state index contributed by atoms with van der Waals surface area (Å²) < 4.78 is 47.2. The van der Waals surface area contributed by atoms with Crippen molar-refractivity contribution in [2.75, 3.05) is 46.5 Å². The molecule has 0 radical (unpaired) electrons. The Morgan fingerprint density at radius 3 is 2.45 bits per heavy atom. The number of nitrogens with one attached hydrogen (secondary N) is 2. The van der Waals surface area contributed by atoms with Gasteiger partial charge in [-0.25, -0.2) is 13.2 Å². The SMILES string of the molecule is COCCN(CCCCNC(=O)NC[C@H](O)[C@@H](O)[C@H](O)[C@H](O)CO)S(=O)(=O)c1ccc(Cl)c(COC2(c3cnccc3-c3ccccc3OC3CC3)CC2)c1. The van der Waals surface area contributed by atoms with Gasteiger partial charge in [-0.05, 0) is 80.0 Å². The Morgan fingerprint density at radius 1 is 1.00 bits per heavy atom. The number of hydrogen-bond acceptors (Lipinski definition) is 12. The molecule has 2 aliphatic rings. The topological polar surface area (TPSA) is 220 Å². The van der Waals surface area contributed by atoms with Crippen LogP contribution in [0.15, 0.2) is 65.8 Å². The van der Waals surface area contributed by atoms with E-state index in [0.717, 1.165) is 48.1 Å². The summed E-state index contributed by atoms with van der Waals surface area (Å²) in [7, 11) is -2.51. The summed E-state index contributed by atoms with van der Waals surface area (Å²) in [4.78, 5) is 16.7. The maximum atomic E-state index is 13.9. The van der Waals surface area contributed by atoms with Crippen molar-refractivity contribution in [3.8, 4) is 16.9 Å². The molecule has 1 heterocycles. The first-order valence-corrected chi connectivity index (χ1v) is 20.2. The second-order valence-electron chi connectivity index (χ2n) is 13.8. The van der Waals surface area contributed by atoms with Crippen molar-refractivity contribution in [2.24, 2.45) is 0 Å². The van der Waals surface area contributed by atoms with Gasteiger partial charge in [0.05, 0.1) is 42.5 Å². The van der Waals surface area contributed by atoms with Crippen molar-refractivity contribution in [2.45, 2.75) is 86.1 Å². The molecule has 2 amide bonds. The van der Waals surface area contributed by atoms with E-state index in [-0.39, 0.29) is 43.8 Å². The number of aliphatic hydroxyl groups excluding tert-OH is 5. The number of ether oxygens (including phenoxy) is 3. The summed E-state index contributed by atoms with van der Waals surface area (Å²) in [5, 5.41) is 53.2. The van der Waals surface area contributed by atoms with Crippen LogP contribution in [0.25, 0.3) is 11.1 Å². The summed E-state index contributed by atoms with van der Waals surface area (Å²) in [5.74, 6) is 0.818. The van der Waals surface area contributed by atoms with Crippen LogP contribution in [0, 0.1) is 0 Å². The second kappa shape index (κ2) is 19.6. The van der Waals surface area contributed by atoms with Gasteiger partial charge in [0, 0.05) is 61.8 Å². The third-order valence-electron chi connectivity index (χ3n) is 9.63. The van der Waals surface area contributed by atoms with Gasteiger partial charge in [-0.2, -0.15) is 4.31 Å². The minimum Gasteiger partial charge on any atom is -0.490 e. The van der Waals surface area contributed by atoms with Gasteiger partial charge in [0.25, 0.3) is 0 Å². The molecule has 2 saturated carbocycles. The molecule has 1 aromatic heterocycles. The van der Waals surface area contributed by atoms with Gasteiger partial charge in [-0.1, -0.05) is 29.8 Å². The Balaban J connectivity index is 1.18. The minimum absolute atomic E-state index is 0.0551. The molecule has 0 aliphatic heterocycles. The molecule has 55 heavy (non-hydrogen) atoms. The van der Waals surface area contributed by atoms with E-state index >= 15 is 0 Å². The number of methoxy groups -OCH3 is 1. The Labute approximate surface area is 326 Å². The van der Waals surface area contributed by atoms with Crippen LogP contribution < -0.4 is 15.4 Å². The molecule has 0 saturated heterocycles. The maximum Gasteiger partial charge on any atom is 0.314 e. The van der Waals surface area contributed by atoms with E-state index < -0.39 is 59.2 Å². The molecule has 2 aliphatic carbocycles. The van der Waals surface area contributed by atoms with Crippen molar-refractivity contribution in [3.63, 3.8) is 0 Å². The second-order valence-corrected chi connectivity index (χ2v) is 16.2. The fourth-order valence-corrected chi connectivity index (χ4v) is 7.73. The van der Waals surface area contributed by atoms with Crippen molar-refractivity contribution in [1.29, 1.82) is 0 Å². The number of aromatic nitrogens is 1. The summed E-state index contributed by atoms with van der Waals surface area (Å²) in [6, 6.07) is 13.8. The molecular weight excluding hydrogens is 756 g/mol. The first-order chi connectivity index (χ1) is 26.4. The molecule has 4 atom stereocenters. The van der Waals surface area contributed by atoms with Crippen LogP contribution in [0.5, 0.6) is 5.75 Å². The van der Waals surface area contributed by atoms with Gasteiger partial charge in [-0.15, -0.1) is 0 Å². The van der Waals surface area contributed by atoms with Gasteiger partial charge in [-0.3, -0.25) is 4.98 Å². The first-order valence-electron chi connectivity index (χ1n) is 18.4. The number of carbonyl (C=O) groups is 1. The molecule has 17 heteroatoms. The quantitative estimate of drug-likeness (QED) is 0.0687. The van der Waals surface area contributed by atoms with Crippen molar-refractivity contribution in [1.82, 2.24) is 19.9 Å². The summed E-state index contributed by atoms with van der Waals surface area (Å²) >= 11 is 6.60. The minimum atomic E-state index is -3.99. The Hall–Kier alpha value is -3.42. The lowest BCUT2D eigenvalue weighted by Gasteiger charge is -2.25. The lowest BCUT2D eigenvalue weighted by molar-refractivity contribution is -0.113. The van der Waals surface area contributed by atoms with Crippen LogP contribution in [-0.2, 0) is 31.7 Å². The smallest absolute Gasteiger partial charge is 0.314 e. The molecule has 2 aromatic carbocycles. The van der Waals surface area contributed by atoms with Crippen LogP contribution in [0.4, 0.5) is 4.79 Å². The van der Waals surface area contributed by atoms with E-state index in [2.05, 4.69) is 15.6 Å². The van der Waals surface area contributed by atoms with E-state index in [0.29, 0.717) is 23.4 Å². The normalized spacial score (nSPS) is 17.3. The third-order valence-corrected chi connectivity index (χ3v) is 11.9. The van der Waals surface area contributed by atoms with Crippen LogP contribution in [-0.4, -0.2) is 126 Å². The van der Waals surface area contributed by atoms with Gasteiger partial charge >= 0.3 is 6.03 Å². The number of halogens is 1. The molecule has 3 aromatic rings. The highest BCUT2D eigenvalue weighted by molar-refractivity contribution is 7.89. The predicted octanol–water partition coefficient (Wildman–Crippen LogP) is 2.30. The molecule has 7 N–H and O–H groups in total. The summed E-state index contributed by atoms with van der Waals surface area (Å²) in [6.45, 7) is -0.613. The highest BCUT2D eigenvalue weighted by atomic mass is 35.5. The van der Waals surface area contributed by atoms with Crippen LogP contribution in [0.3, 0.4) is 0 Å². The molecule has 0 unspecified atom stereocenters. The number of sulfonamides is 1. The molecule has 5 rings (SSSR count). The lowest BCUT2D eigenvalue weighted by Crippen LogP contribution is -2.50. The van der Waals surface area contributed by atoms with Crippen molar-refractivity contribution < 1.29 is 53.0 Å². The van der Waals surface area contributed by atoms with E-state index in [4.69, 9.17) is 30.9 Å². The third kappa shape index (κ3) is 11.3. The van der Waals surface area contributed by atoms with Crippen molar-refractivity contribution in [3.05, 3.63) is 77.1 Å². The van der Waals surface area contributed by atoms with Gasteiger partial charge in [0.1, 0.15) is 24.1 Å². The monoisotopic (exact) mass is 806 g/mol. The molecule has 0 spiro atoms. The zero-order chi connectivity index (χ0) is 39.6. The van der Waals surface area contributed by atoms with Crippen LogP contribution in [0.1, 0.15) is 49.7 Å². The van der Waals surface area contributed by atoms with Gasteiger partial charge in [0.2, 0.25) is 10.0 Å². The number of benzene rings is 2. The van der Waals surface area contributed by atoms with E-state index in [1.54, 1.807) is 12.3 Å². The fraction of sp³-hybridized carbons (Fsp3) is 0.526. The van der Waals surface area contributed by atoms with Crippen molar-refractivity contribution >= 4 is 27.7 Å². The van der Waals surface area contributed by atoms with Crippen LogP contribution in [0.2, 0.25) is 5.02 Å². The predicted molar refractivity (Wildman–Crippen MR) is 203 cm³/mol. The molecular formula is C38H51ClN4O11S. The number of amides is 2.